The summed E-state index contributed by atoms with van der Waals surface area (Å²) in [5, 5.41) is 8.33. The van der Waals surface area contributed by atoms with Gasteiger partial charge in [0.2, 0.25) is 5.91 Å². The Balaban J connectivity index is 1.15. The van der Waals surface area contributed by atoms with Gasteiger partial charge in [0.05, 0.1) is 11.7 Å². The second-order valence-electron chi connectivity index (χ2n) is 11.2. The Hall–Kier alpha value is -3.48. The van der Waals surface area contributed by atoms with Crippen LogP contribution in [0.5, 0.6) is 0 Å². The maximum absolute atomic E-state index is 13.4. The molecular weight excluding hydrogens is 438 g/mol. The van der Waals surface area contributed by atoms with Crippen LogP contribution in [0.2, 0.25) is 0 Å². The Morgan fingerprint density at radius 2 is 1.91 bits per heavy atom. The van der Waals surface area contributed by atoms with Gasteiger partial charge < -0.3 is 4.90 Å². The third kappa shape index (κ3) is 3.17. The third-order valence-corrected chi connectivity index (χ3v) is 8.41. The lowest BCUT2D eigenvalue weighted by molar-refractivity contribution is -0.143. The van der Waals surface area contributed by atoms with E-state index >= 15 is 0 Å². The molecular formula is C28H29N5O2. The second kappa shape index (κ2) is 7.03. The molecule has 2 aliphatic carbocycles. The molecule has 1 aromatic heterocycles. The fraction of sp³-hybridized carbons (Fsp3) is 0.429. The molecule has 7 heteroatoms. The molecule has 0 bridgehead atoms. The topological polar surface area (TPSA) is 81.7 Å². The van der Waals surface area contributed by atoms with E-state index in [1.807, 2.05) is 28.1 Å². The number of amidine groups is 1. The number of benzene rings is 2. The van der Waals surface area contributed by atoms with Crippen molar-refractivity contribution >= 4 is 28.6 Å². The van der Waals surface area contributed by atoms with Gasteiger partial charge in [-0.2, -0.15) is 5.10 Å². The highest BCUT2D eigenvalue weighted by Crippen LogP contribution is 2.48. The molecule has 3 heterocycles. The molecule has 35 heavy (non-hydrogen) atoms. The van der Waals surface area contributed by atoms with Crippen LogP contribution in [0.15, 0.2) is 47.6 Å². The number of aromatic amines is 1. The van der Waals surface area contributed by atoms with Crippen LogP contribution in [-0.4, -0.2) is 62.8 Å². The lowest BCUT2D eigenvalue weighted by atomic mass is 9.94. The zero-order valence-corrected chi connectivity index (χ0v) is 20.2. The van der Waals surface area contributed by atoms with Crippen molar-refractivity contribution in [1.29, 1.82) is 0 Å². The van der Waals surface area contributed by atoms with E-state index in [1.165, 1.54) is 0 Å². The number of aryl methyl sites for hydroxylation is 1. The number of hydrogen-bond donors (Lipinski definition) is 1. The van der Waals surface area contributed by atoms with Crippen LogP contribution < -0.4 is 0 Å². The molecule has 2 aromatic carbocycles. The van der Waals surface area contributed by atoms with Crippen molar-refractivity contribution in [3.05, 3.63) is 53.7 Å². The van der Waals surface area contributed by atoms with E-state index in [-0.39, 0.29) is 17.2 Å². The van der Waals surface area contributed by atoms with Gasteiger partial charge in [-0.25, -0.2) is 0 Å². The molecule has 0 radical (unpaired) electrons. The quantitative estimate of drug-likeness (QED) is 0.618. The van der Waals surface area contributed by atoms with Gasteiger partial charge in [0.15, 0.2) is 0 Å². The first kappa shape index (κ1) is 20.9. The Bertz CT molecular complexity index is 1420. The van der Waals surface area contributed by atoms with Gasteiger partial charge in [-0.3, -0.25) is 24.6 Å². The van der Waals surface area contributed by atoms with Crippen LogP contribution in [0.25, 0.3) is 22.0 Å². The molecule has 4 aliphatic rings. The number of H-pyrrole nitrogens is 1. The molecule has 2 saturated carbocycles. The Morgan fingerprint density at radius 1 is 1.11 bits per heavy atom. The smallest absolute Gasteiger partial charge is 0.256 e. The summed E-state index contributed by atoms with van der Waals surface area (Å²) in [6, 6.07) is 12.6. The zero-order chi connectivity index (χ0) is 23.9. The first-order chi connectivity index (χ1) is 16.9. The van der Waals surface area contributed by atoms with E-state index in [9.17, 15) is 9.59 Å². The number of aromatic nitrogens is 2. The molecule has 7 rings (SSSR count). The molecule has 3 fully saturated rings. The summed E-state index contributed by atoms with van der Waals surface area (Å²) >= 11 is 0. The highest BCUT2D eigenvalue weighted by atomic mass is 16.2. The van der Waals surface area contributed by atoms with Crippen molar-refractivity contribution in [2.24, 2.45) is 16.3 Å². The largest absolute Gasteiger partial charge is 0.341 e. The number of amides is 2. The molecule has 0 unspecified atom stereocenters. The lowest BCUT2D eigenvalue weighted by Crippen LogP contribution is -2.56. The van der Waals surface area contributed by atoms with Crippen LogP contribution in [0.3, 0.4) is 0 Å². The molecule has 1 saturated heterocycles. The first-order valence-electron chi connectivity index (χ1n) is 12.6. The Morgan fingerprint density at radius 3 is 2.63 bits per heavy atom. The number of likely N-dealkylation sites (tertiary alicyclic amines) is 1. The minimum Gasteiger partial charge on any atom is -0.341 e. The van der Waals surface area contributed by atoms with Gasteiger partial charge in [0.25, 0.3) is 5.91 Å². The van der Waals surface area contributed by atoms with E-state index in [4.69, 9.17) is 4.99 Å². The summed E-state index contributed by atoms with van der Waals surface area (Å²) in [5.74, 6) is 1.53. The predicted molar refractivity (Wildman–Crippen MR) is 134 cm³/mol. The van der Waals surface area contributed by atoms with Gasteiger partial charge in [0, 0.05) is 41.9 Å². The minimum atomic E-state index is -0.538. The predicted octanol–water partition coefficient (Wildman–Crippen LogP) is 3.92. The van der Waals surface area contributed by atoms with Crippen molar-refractivity contribution in [3.8, 4) is 11.1 Å². The van der Waals surface area contributed by atoms with Crippen LogP contribution in [0.4, 0.5) is 0 Å². The number of rotatable bonds is 5. The van der Waals surface area contributed by atoms with Gasteiger partial charge in [-0.15, -0.1) is 0 Å². The van der Waals surface area contributed by atoms with Crippen LogP contribution in [-0.2, 0) is 9.59 Å². The summed E-state index contributed by atoms with van der Waals surface area (Å²) in [6.07, 6.45) is 5.53. The number of nitrogens with one attached hydrogen (secondary N) is 1. The SMILES string of the molecule is Cc1cc(-c2cccc3[nH]ncc23)ccc1C1=NC2(CC2)C(=O)N1CC1CN(C(=O)C2(C)CC2)C1. The van der Waals surface area contributed by atoms with Gasteiger partial charge in [-0.1, -0.05) is 37.3 Å². The second-order valence-corrected chi connectivity index (χ2v) is 11.2. The van der Waals surface area contributed by atoms with E-state index < -0.39 is 5.54 Å². The maximum atomic E-state index is 13.4. The van der Waals surface area contributed by atoms with Crippen molar-refractivity contribution in [3.63, 3.8) is 0 Å². The highest BCUT2D eigenvalue weighted by Gasteiger charge is 2.58. The molecule has 7 nitrogen and oxygen atoms in total. The molecule has 2 aliphatic heterocycles. The fourth-order valence-corrected chi connectivity index (χ4v) is 5.67. The van der Waals surface area contributed by atoms with Crippen LogP contribution >= 0.6 is 0 Å². The molecule has 1 spiro atoms. The maximum Gasteiger partial charge on any atom is 0.256 e. The van der Waals surface area contributed by atoms with Crippen LogP contribution in [0.1, 0.15) is 43.7 Å². The van der Waals surface area contributed by atoms with E-state index in [2.05, 4.69) is 48.3 Å². The number of nitrogens with zero attached hydrogens (tertiary/aromatic N) is 4. The molecule has 2 amide bonds. The van der Waals surface area contributed by atoms with Crippen molar-refractivity contribution in [2.75, 3.05) is 19.6 Å². The fourth-order valence-electron chi connectivity index (χ4n) is 5.67. The van der Waals surface area contributed by atoms with Crippen molar-refractivity contribution in [2.45, 2.75) is 45.1 Å². The normalized spacial score (nSPS) is 22.0. The van der Waals surface area contributed by atoms with Gasteiger partial charge >= 0.3 is 0 Å². The lowest BCUT2D eigenvalue weighted by Gasteiger charge is -2.42. The summed E-state index contributed by atoms with van der Waals surface area (Å²) in [5.41, 5.74) is 4.72. The number of carbonyl (C=O) groups excluding carboxylic acids is 2. The number of carbonyl (C=O) groups is 2. The highest BCUT2D eigenvalue weighted by molar-refractivity contribution is 6.17. The van der Waals surface area contributed by atoms with Gasteiger partial charge in [-0.05, 0) is 55.4 Å². The Labute approximate surface area is 204 Å². The van der Waals surface area contributed by atoms with Crippen molar-refractivity contribution < 1.29 is 9.59 Å². The first-order valence-corrected chi connectivity index (χ1v) is 12.6. The average Bonchev–Trinajstić information content (AvgIpc) is 3.70. The van der Waals surface area contributed by atoms with Crippen molar-refractivity contribution in [1.82, 2.24) is 20.0 Å². The zero-order valence-electron chi connectivity index (χ0n) is 20.2. The summed E-state index contributed by atoms with van der Waals surface area (Å²) in [4.78, 5) is 34.9. The van der Waals surface area contributed by atoms with Gasteiger partial charge in [0.1, 0.15) is 11.4 Å². The van der Waals surface area contributed by atoms with Crippen LogP contribution in [0, 0.1) is 18.3 Å². The average molecular weight is 468 g/mol. The summed E-state index contributed by atoms with van der Waals surface area (Å²) < 4.78 is 0. The van der Waals surface area contributed by atoms with E-state index in [0.29, 0.717) is 12.5 Å². The number of fused-ring (bicyclic) bond motifs is 1. The molecule has 178 valence electrons. The molecule has 1 N–H and O–H groups in total. The monoisotopic (exact) mass is 467 g/mol. The minimum absolute atomic E-state index is 0.126. The number of hydrogen-bond acceptors (Lipinski definition) is 4. The van der Waals surface area contributed by atoms with E-state index in [0.717, 1.165) is 77.8 Å². The Kier molecular flexibility index (Phi) is 4.19. The molecule has 0 atom stereocenters. The number of aliphatic imine (C=N–C) groups is 1. The summed E-state index contributed by atoms with van der Waals surface area (Å²) in [7, 11) is 0. The van der Waals surface area contributed by atoms with E-state index in [1.54, 1.807) is 0 Å². The standard InChI is InChI=1S/C28H29N5O2/c1-17-12-19(21-4-3-5-23-22(21)13-29-31-23)6-7-20(17)24-30-28(10-11-28)26(35)33(24)16-18-14-32(15-18)25(34)27(2)8-9-27/h3-7,12-13,18H,8-11,14-16H2,1-2H3,(H,29,31). The third-order valence-electron chi connectivity index (χ3n) is 8.41. The molecule has 3 aromatic rings. The summed E-state index contributed by atoms with van der Waals surface area (Å²) in [6.45, 7) is 6.27.